The zero-order valence-corrected chi connectivity index (χ0v) is 21.9. The molecular formula is C26H31N5O4S. The third-order valence-electron chi connectivity index (χ3n) is 6.35. The van der Waals surface area contributed by atoms with Gasteiger partial charge in [0, 0.05) is 23.8 Å². The van der Waals surface area contributed by atoms with E-state index in [2.05, 4.69) is 35.4 Å². The number of carbonyl (C=O) groups is 1. The second kappa shape index (κ2) is 9.42. The molecule has 4 rings (SSSR count). The van der Waals surface area contributed by atoms with Crippen molar-refractivity contribution in [3.8, 4) is 17.0 Å². The summed E-state index contributed by atoms with van der Waals surface area (Å²) < 4.78 is 33.5. The van der Waals surface area contributed by atoms with E-state index in [-0.39, 0.29) is 21.8 Å². The number of pyridine rings is 2. The van der Waals surface area contributed by atoms with Gasteiger partial charge in [0.05, 0.1) is 18.4 Å². The van der Waals surface area contributed by atoms with Crippen LogP contribution in [0.2, 0.25) is 0 Å². The average Bonchev–Trinajstić information content (AvgIpc) is 3.09. The van der Waals surface area contributed by atoms with E-state index in [0.717, 1.165) is 17.5 Å². The largest absolute Gasteiger partial charge is 0.497 e. The topological polar surface area (TPSA) is 128 Å². The fourth-order valence-electron chi connectivity index (χ4n) is 4.83. The number of ether oxygens (including phenoxy) is 1. The number of aromatic nitrogens is 2. The molecule has 9 nitrogen and oxygen atoms in total. The number of hydrogen-bond donors (Lipinski definition) is 2. The lowest BCUT2D eigenvalue weighted by atomic mass is 9.97. The number of amides is 1. The maximum atomic E-state index is 13.4. The van der Waals surface area contributed by atoms with Crippen molar-refractivity contribution in [2.24, 2.45) is 5.92 Å². The summed E-state index contributed by atoms with van der Waals surface area (Å²) in [5, 5.41) is 0. The van der Waals surface area contributed by atoms with Crippen LogP contribution in [-0.2, 0) is 10.0 Å². The normalized spacial score (nSPS) is 17.1. The molecule has 36 heavy (non-hydrogen) atoms. The number of nitrogens with one attached hydrogen (secondary N) is 1. The van der Waals surface area contributed by atoms with E-state index in [1.165, 1.54) is 18.3 Å². The van der Waals surface area contributed by atoms with Crippen LogP contribution in [-0.4, -0.2) is 43.5 Å². The molecule has 3 N–H and O–H groups in total. The van der Waals surface area contributed by atoms with Crippen molar-refractivity contribution in [1.82, 2.24) is 14.7 Å². The third-order valence-corrected chi connectivity index (χ3v) is 7.73. The molecule has 0 radical (unpaired) electrons. The number of nitrogen functional groups attached to an aromatic ring is 1. The molecule has 3 aromatic rings. The highest BCUT2D eigenvalue weighted by Gasteiger charge is 2.39. The molecule has 0 aliphatic carbocycles. The number of rotatable bonds is 6. The van der Waals surface area contributed by atoms with Crippen LogP contribution >= 0.6 is 0 Å². The van der Waals surface area contributed by atoms with E-state index in [1.54, 1.807) is 19.2 Å². The van der Waals surface area contributed by atoms with Crippen molar-refractivity contribution in [1.29, 1.82) is 0 Å². The summed E-state index contributed by atoms with van der Waals surface area (Å²) in [4.78, 5) is 23.9. The van der Waals surface area contributed by atoms with Gasteiger partial charge in [0.25, 0.3) is 15.9 Å². The smallest absolute Gasteiger partial charge is 0.268 e. The Hall–Kier alpha value is -3.66. The van der Waals surface area contributed by atoms with E-state index in [0.29, 0.717) is 29.7 Å². The van der Waals surface area contributed by atoms with Crippen LogP contribution in [0.25, 0.3) is 11.3 Å². The first-order valence-corrected chi connectivity index (χ1v) is 13.1. The number of nitrogens with zero attached hydrogens (tertiary/aromatic N) is 3. The molecule has 1 aromatic carbocycles. The Morgan fingerprint density at radius 2 is 1.97 bits per heavy atom. The van der Waals surface area contributed by atoms with Crippen molar-refractivity contribution < 1.29 is 17.9 Å². The summed E-state index contributed by atoms with van der Waals surface area (Å²) in [6.07, 6.45) is 2.29. The van der Waals surface area contributed by atoms with Crippen LogP contribution < -0.4 is 20.1 Å². The van der Waals surface area contributed by atoms with Gasteiger partial charge in [-0.15, -0.1) is 0 Å². The van der Waals surface area contributed by atoms with Gasteiger partial charge < -0.3 is 15.4 Å². The zero-order valence-electron chi connectivity index (χ0n) is 21.1. The van der Waals surface area contributed by atoms with Crippen molar-refractivity contribution in [3.05, 3.63) is 59.8 Å². The first-order chi connectivity index (χ1) is 16.9. The minimum atomic E-state index is -4.24. The summed E-state index contributed by atoms with van der Waals surface area (Å²) >= 11 is 0. The van der Waals surface area contributed by atoms with Crippen LogP contribution in [0.5, 0.6) is 5.75 Å². The summed E-state index contributed by atoms with van der Waals surface area (Å²) in [5.41, 5.74) is 8.12. The predicted molar refractivity (Wildman–Crippen MR) is 139 cm³/mol. The monoisotopic (exact) mass is 509 g/mol. The minimum absolute atomic E-state index is 0.159. The number of aryl methyl sites for hydroxylation is 1. The van der Waals surface area contributed by atoms with Gasteiger partial charge >= 0.3 is 0 Å². The molecular weight excluding hydrogens is 478 g/mol. The predicted octanol–water partition coefficient (Wildman–Crippen LogP) is 3.79. The maximum absolute atomic E-state index is 13.4. The molecule has 0 spiro atoms. The lowest BCUT2D eigenvalue weighted by Gasteiger charge is -2.34. The molecule has 2 aromatic heterocycles. The Kier molecular flexibility index (Phi) is 6.66. The molecule has 0 saturated carbocycles. The number of carbonyl (C=O) groups excluding carboxylic acids is 1. The highest BCUT2D eigenvalue weighted by molar-refractivity contribution is 7.90. The molecule has 3 heterocycles. The van der Waals surface area contributed by atoms with E-state index < -0.39 is 15.9 Å². The SMILES string of the molecule is COc1cc(C)cc(-c2ccc(C(=O)NS(=O)(=O)c3cccnc3N)c(N3C[C@@H](C)CC3(C)C)n2)c1. The van der Waals surface area contributed by atoms with Crippen molar-refractivity contribution in [2.75, 3.05) is 24.3 Å². The van der Waals surface area contributed by atoms with Gasteiger partial charge in [0.1, 0.15) is 22.3 Å². The van der Waals surface area contributed by atoms with Gasteiger partial charge in [-0.25, -0.2) is 23.1 Å². The molecule has 1 atom stereocenters. The Morgan fingerprint density at radius 1 is 1.22 bits per heavy atom. The first-order valence-electron chi connectivity index (χ1n) is 11.6. The molecule has 1 aliphatic rings. The van der Waals surface area contributed by atoms with Gasteiger partial charge in [-0.1, -0.05) is 6.92 Å². The molecule has 0 bridgehead atoms. The zero-order chi connectivity index (χ0) is 26.3. The fraction of sp³-hybridized carbons (Fsp3) is 0.346. The van der Waals surface area contributed by atoms with Crippen LogP contribution in [0.3, 0.4) is 0 Å². The number of sulfonamides is 1. The summed E-state index contributed by atoms with van der Waals surface area (Å²) in [7, 11) is -2.64. The number of anilines is 2. The van der Waals surface area contributed by atoms with Crippen molar-refractivity contribution in [2.45, 2.75) is 44.6 Å². The highest BCUT2D eigenvalue weighted by Crippen LogP contribution is 2.38. The van der Waals surface area contributed by atoms with Gasteiger partial charge in [-0.2, -0.15) is 0 Å². The van der Waals surface area contributed by atoms with Crippen molar-refractivity contribution in [3.63, 3.8) is 0 Å². The first kappa shape index (κ1) is 25.4. The van der Waals surface area contributed by atoms with E-state index in [4.69, 9.17) is 15.5 Å². The van der Waals surface area contributed by atoms with E-state index in [1.807, 2.05) is 25.1 Å². The lowest BCUT2D eigenvalue weighted by molar-refractivity contribution is 0.0981. The molecule has 1 aliphatic heterocycles. The quantitative estimate of drug-likeness (QED) is 0.514. The van der Waals surface area contributed by atoms with Crippen LogP contribution in [0.1, 0.15) is 43.1 Å². The Bertz CT molecular complexity index is 1420. The molecule has 1 fully saturated rings. The van der Waals surface area contributed by atoms with Gasteiger partial charge in [-0.05, 0) is 81.1 Å². The van der Waals surface area contributed by atoms with Crippen LogP contribution in [0, 0.1) is 12.8 Å². The molecule has 190 valence electrons. The number of hydrogen-bond acceptors (Lipinski definition) is 8. The fourth-order valence-corrected chi connectivity index (χ4v) is 5.88. The Morgan fingerprint density at radius 3 is 2.61 bits per heavy atom. The standard InChI is InChI=1S/C26H31N5O4S/c1-16-11-18(13-19(12-16)35-5)21-9-8-20(24(29-21)31-15-17(2)14-26(31,3)4)25(32)30-36(33,34)22-7-6-10-28-23(22)27/h6-13,17H,14-15H2,1-5H3,(H2,27,28)(H,30,32)/t17-/m0/s1. The summed E-state index contributed by atoms with van der Waals surface area (Å²) in [6.45, 7) is 8.98. The number of benzene rings is 1. The minimum Gasteiger partial charge on any atom is -0.497 e. The summed E-state index contributed by atoms with van der Waals surface area (Å²) in [5.74, 6) is 0.526. The Labute approximate surface area is 211 Å². The average molecular weight is 510 g/mol. The van der Waals surface area contributed by atoms with Gasteiger partial charge in [-0.3, -0.25) is 4.79 Å². The van der Waals surface area contributed by atoms with Gasteiger partial charge in [0.2, 0.25) is 0 Å². The van der Waals surface area contributed by atoms with Crippen LogP contribution in [0.15, 0.2) is 53.6 Å². The lowest BCUT2D eigenvalue weighted by Crippen LogP contribution is -2.41. The second-order valence-electron chi connectivity index (χ2n) is 9.86. The van der Waals surface area contributed by atoms with E-state index in [9.17, 15) is 13.2 Å². The summed E-state index contributed by atoms with van der Waals surface area (Å²) in [6, 6.07) is 11.9. The number of nitrogens with two attached hydrogens (primary N) is 1. The molecule has 1 amide bonds. The van der Waals surface area contributed by atoms with E-state index >= 15 is 0 Å². The Balaban J connectivity index is 1.80. The van der Waals surface area contributed by atoms with Gasteiger partial charge in [0.15, 0.2) is 0 Å². The van der Waals surface area contributed by atoms with Crippen molar-refractivity contribution >= 4 is 27.6 Å². The third kappa shape index (κ3) is 4.99. The molecule has 0 unspecified atom stereocenters. The molecule has 1 saturated heterocycles. The number of methoxy groups -OCH3 is 1. The second-order valence-corrected chi connectivity index (χ2v) is 11.5. The van der Waals surface area contributed by atoms with Crippen LogP contribution in [0.4, 0.5) is 11.6 Å². The molecule has 10 heteroatoms. The highest BCUT2D eigenvalue weighted by atomic mass is 32.2. The maximum Gasteiger partial charge on any atom is 0.268 e.